The monoisotopic (exact) mass is 547 g/mol. The smallest absolute Gasteiger partial charge is 0.124 e. The predicted octanol–water partition coefficient (Wildman–Crippen LogP) is 8.36. The van der Waals surface area contributed by atoms with Gasteiger partial charge in [0.2, 0.25) is 0 Å². The fourth-order valence-electron chi connectivity index (χ4n) is 2.42. The normalized spacial score (nSPS) is 10.7. The molecule has 0 saturated heterocycles. The molecule has 0 atom stereocenters. The molecule has 0 fully saturated rings. The molecule has 0 amide bonds. The van der Waals surface area contributed by atoms with Gasteiger partial charge >= 0.3 is 0 Å². The van der Waals surface area contributed by atoms with Gasteiger partial charge in [0.15, 0.2) is 0 Å². The summed E-state index contributed by atoms with van der Waals surface area (Å²) in [6, 6.07) is 17.0. The van der Waals surface area contributed by atoms with Gasteiger partial charge in [-0.05, 0) is 64.5 Å². The van der Waals surface area contributed by atoms with Crippen molar-refractivity contribution in [3.05, 3.63) is 89.7 Å². The van der Waals surface area contributed by atoms with Crippen molar-refractivity contribution in [1.29, 1.82) is 0 Å². The third kappa shape index (κ3) is 5.78. The van der Waals surface area contributed by atoms with Crippen molar-refractivity contribution < 1.29 is 4.74 Å². The SMILES string of the molecule is Clc1ccc(COc2ccc(Br)cc2CNc2ccc(Br)c(Cl)c2)c(Cl)c1. The van der Waals surface area contributed by atoms with Gasteiger partial charge in [0, 0.05) is 42.3 Å². The van der Waals surface area contributed by atoms with Gasteiger partial charge in [-0.15, -0.1) is 0 Å². The first-order valence-corrected chi connectivity index (χ1v) is 10.7. The molecule has 0 spiro atoms. The summed E-state index contributed by atoms with van der Waals surface area (Å²) >= 11 is 25.2. The molecule has 0 unspecified atom stereocenters. The van der Waals surface area contributed by atoms with Crippen molar-refractivity contribution in [2.24, 2.45) is 0 Å². The lowest BCUT2D eigenvalue weighted by molar-refractivity contribution is 0.303. The van der Waals surface area contributed by atoms with E-state index in [1.54, 1.807) is 12.1 Å². The van der Waals surface area contributed by atoms with E-state index in [0.717, 1.165) is 31.5 Å². The van der Waals surface area contributed by atoms with Crippen LogP contribution in [0.5, 0.6) is 5.75 Å². The predicted molar refractivity (Wildman–Crippen MR) is 121 cm³/mol. The van der Waals surface area contributed by atoms with E-state index in [2.05, 4.69) is 37.2 Å². The van der Waals surface area contributed by atoms with Crippen LogP contribution >= 0.6 is 66.7 Å². The molecule has 140 valence electrons. The molecule has 0 aliphatic rings. The summed E-state index contributed by atoms with van der Waals surface area (Å²) < 4.78 is 7.85. The van der Waals surface area contributed by atoms with E-state index in [9.17, 15) is 0 Å². The number of hydrogen-bond donors (Lipinski definition) is 1. The van der Waals surface area contributed by atoms with Crippen molar-refractivity contribution in [2.45, 2.75) is 13.2 Å². The van der Waals surface area contributed by atoms with E-state index < -0.39 is 0 Å². The molecule has 0 aromatic heterocycles. The Kier molecular flexibility index (Phi) is 7.35. The minimum Gasteiger partial charge on any atom is -0.488 e. The maximum atomic E-state index is 6.23. The van der Waals surface area contributed by atoms with Gasteiger partial charge in [0.1, 0.15) is 12.4 Å². The zero-order valence-corrected chi connectivity index (χ0v) is 19.3. The molecule has 3 rings (SSSR count). The largest absolute Gasteiger partial charge is 0.488 e. The number of rotatable bonds is 6. The van der Waals surface area contributed by atoms with Crippen molar-refractivity contribution in [3.8, 4) is 5.75 Å². The van der Waals surface area contributed by atoms with E-state index >= 15 is 0 Å². The Morgan fingerprint density at radius 1 is 0.815 bits per heavy atom. The van der Waals surface area contributed by atoms with E-state index in [1.807, 2.05) is 42.5 Å². The molecule has 0 saturated carbocycles. The molecular formula is C20H14Br2Cl3NO. The fourth-order valence-corrected chi connectivity index (χ4v) is 3.72. The van der Waals surface area contributed by atoms with Crippen molar-refractivity contribution in [3.63, 3.8) is 0 Å². The Balaban J connectivity index is 1.73. The molecule has 0 heterocycles. The van der Waals surface area contributed by atoms with E-state index in [0.29, 0.717) is 28.2 Å². The lowest BCUT2D eigenvalue weighted by Crippen LogP contribution is -2.04. The molecule has 0 aliphatic carbocycles. The highest BCUT2D eigenvalue weighted by Gasteiger charge is 2.08. The highest BCUT2D eigenvalue weighted by Crippen LogP contribution is 2.29. The highest BCUT2D eigenvalue weighted by molar-refractivity contribution is 9.10. The van der Waals surface area contributed by atoms with Crippen LogP contribution in [0.1, 0.15) is 11.1 Å². The Hall–Kier alpha value is -0.910. The fraction of sp³-hybridized carbons (Fsp3) is 0.100. The van der Waals surface area contributed by atoms with E-state index in [-0.39, 0.29) is 0 Å². The van der Waals surface area contributed by atoms with Crippen molar-refractivity contribution in [1.82, 2.24) is 0 Å². The first kappa shape index (κ1) is 20.8. The standard InChI is InChI=1S/C20H14Br2Cl3NO/c21-14-2-6-20(27-11-12-1-3-15(23)8-18(12)24)13(7-14)10-26-16-4-5-17(22)19(25)9-16/h1-9,26H,10-11H2. The topological polar surface area (TPSA) is 21.3 Å². The summed E-state index contributed by atoms with van der Waals surface area (Å²) in [6.07, 6.45) is 0. The van der Waals surface area contributed by atoms with Crippen LogP contribution in [-0.2, 0) is 13.2 Å². The number of halogens is 5. The van der Waals surface area contributed by atoms with Crippen LogP contribution in [0.4, 0.5) is 5.69 Å². The molecular weight excluding hydrogens is 536 g/mol. The highest BCUT2D eigenvalue weighted by atomic mass is 79.9. The van der Waals surface area contributed by atoms with Crippen LogP contribution in [0.15, 0.2) is 63.5 Å². The molecule has 3 aromatic rings. The molecule has 0 radical (unpaired) electrons. The van der Waals surface area contributed by atoms with Gasteiger partial charge in [-0.2, -0.15) is 0 Å². The van der Waals surface area contributed by atoms with Crippen LogP contribution in [0, 0.1) is 0 Å². The van der Waals surface area contributed by atoms with Crippen LogP contribution in [-0.4, -0.2) is 0 Å². The summed E-state index contributed by atoms with van der Waals surface area (Å²) in [5.74, 6) is 0.778. The third-order valence-electron chi connectivity index (χ3n) is 3.82. The van der Waals surface area contributed by atoms with Gasteiger partial charge < -0.3 is 10.1 Å². The lowest BCUT2D eigenvalue weighted by atomic mass is 10.2. The van der Waals surface area contributed by atoms with Gasteiger partial charge in [0.05, 0.1) is 5.02 Å². The van der Waals surface area contributed by atoms with E-state index in [4.69, 9.17) is 39.5 Å². The van der Waals surface area contributed by atoms with Gasteiger partial charge in [0.25, 0.3) is 0 Å². The molecule has 0 aliphatic heterocycles. The zero-order chi connectivity index (χ0) is 19.4. The molecule has 27 heavy (non-hydrogen) atoms. The minimum absolute atomic E-state index is 0.356. The van der Waals surface area contributed by atoms with Crippen molar-refractivity contribution >= 4 is 72.4 Å². The van der Waals surface area contributed by atoms with Crippen LogP contribution in [0.2, 0.25) is 15.1 Å². The second-order valence-corrected chi connectivity index (χ2v) is 8.78. The van der Waals surface area contributed by atoms with Gasteiger partial charge in [-0.25, -0.2) is 0 Å². The summed E-state index contributed by atoms with van der Waals surface area (Å²) in [4.78, 5) is 0. The second-order valence-electron chi connectivity index (χ2n) is 5.76. The number of ether oxygens (including phenoxy) is 1. The zero-order valence-electron chi connectivity index (χ0n) is 13.9. The summed E-state index contributed by atoms with van der Waals surface area (Å²) in [5.41, 5.74) is 2.81. The van der Waals surface area contributed by atoms with Gasteiger partial charge in [-0.1, -0.05) is 56.8 Å². The first-order valence-electron chi connectivity index (χ1n) is 7.96. The lowest BCUT2D eigenvalue weighted by Gasteiger charge is -2.14. The Morgan fingerprint density at radius 2 is 1.63 bits per heavy atom. The van der Waals surface area contributed by atoms with Crippen LogP contribution < -0.4 is 10.1 Å². The average molecular weight is 551 g/mol. The number of nitrogens with one attached hydrogen (secondary N) is 1. The molecule has 1 N–H and O–H groups in total. The maximum absolute atomic E-state index is 6.23. The second kappa shape index (κ2) is 9.53. The molecule has 0 bridgehead atoms. The summed E-state index contributed by atoms with van der Waals surface area (Å²) in [6.45, 7) is 0.940. The quantitative estimate of drug-likeness (QED) is 0.333. The van der Waals surface area contributed by atoms with Crippen LogP contribution in [0.3, 0.4) is 0 Å². The average Bonchev–Trinajstić information content (AvgIpc) is 2.63. The number of anilines is 1. The number of benzene rings is 3. The van der Waals surface area contributed by atoms with Crippen molar-refractivity contribution in [2.75, 3.05) is 5.32 Å². The minimum atomic E-state index is 0.356. The Bertz CT molecular complexity index is 966. The summed E-state index contributed by atoms with van der Waals surface area (Å²) in [7, 11) is 0. The van der Waals surface area contributed by atoms with E-state index in [1.165, 1.54) is 0 Å². The molecule has 2 nitrogen and oxygen atoms in total. The molecule has 7 heteroatoms. The molecule has 3 aromatic carbocycles. The van der Waals surface area contributed by atoms with Gasteiger partial charge in [-0.3, -0.25) is 0 Å². The van der Waals surface area contributed by atoms with Crippen LogP contribution in [0.25, 0.3) is 0 Å². The Labute approximate surface area is 190 Å². The third-order valence-corrected chi connectivity index (χ3v) is 6.14. The number of hydrogen-bond acceptors (Lipinski definition) is 2. The Morgan fingerprint density at radius 3 is 2.37 bits per heavy atom. The first-order chi connectivity index (χ1) is 12.9. The summed E-state index contributed by atoms with van der Waals surface area (Å²) in [5, 5.41) is 5.21. The maximum Gasteiger partial charge on any atom is 0.124 e.